The summed E-state index contributed by atoms with van der Waals surface area (Å²) in [5.41, 5.74) is 0. The largest absolute Gasteiger partial charge is 0.353 e. The molecule has 12 heavy (non-hydrogen) atoms. The molecule has 0 aliphatic rings. The Hall–Kier alpha value is -1.12. The second-order valence-corrected chi connectivity index (χ2v) is 2.65. The first-order valence-corrected chi connectivity index (χ1v) is 4.06. The summed E-state index contributed by atoms with van der Waals surface area (Å²) in [5, 5.41) is 2.64. The molecule has 0 aliphatic carbocycles. The lowest BCUT2D eigenvalue weighted by Crippen LogP contribution is -2.21. The van der Waals surface area contributed by atoms with Crippen LogP contribution < -0.4 is 5.32 Å². The molecule has 0 heterocycles. The van der Waals surface area contributed by atoms with Crippen molar-refractivity contribution in [3.05, 3.63) is 12.7 Å². The molecule has 0 spiro atoms. The number of ketones is 1. The molecule has 3 nitrogen and oxygen atoms in total. The number of nitrogens with one attached hydrogen (secondary N) is 1. The van der Waals surface area contributed by atoms with Gasteiger partial charge in [0, 0.05) is 13.0 Å². The van der Waals surface area contributed by atoms with E-state index in [-0.39, 0.29) is 11.7 Å². The molecular weight excluding hydrogens is 154 g/mol. The van der Waals surface area contributed by atoms with Crippen LogP contribution in [0, 0.1) is 0 Å². The Kier molecular flexibility index (Phi) is 5.97. The molecule has 0 aliphatic heterocycles. The molecule has 0 fully saturated rings. The Bertz CT molecular complexity index is 175. The standard InChI is InChI=1S/C9H15NO2/c1-3-9(12)10-7-5-4-6-8(2)11/h3H,1,4-7H2,2H3,(H,10,12). The highest BCUT2D eigenvalue weighted by Crippen LogP contribution is 1.94. The zero-order valence-corrected chi connectivity index (χ0v) is 7.43. The number of carbonyl (C=O) groups excluding carboxylic acids is 2. The van der Waals surface area contributed by atoms with Crippen LogP contribution in [-0.2, 0) is 9.59 Å². The van der Waals surface area contributed by atoms with E-state index in [9.17, 15) is 9.59 Å². The summed E-state index contributed by atoms with van der Waals surface area (Å²) < 4.78 is 0. The first kappa shape index (κ1) is 10.9. The molecule has 0 rings (SSSR count). The summed E-state index contributed by atoms with van der Waals surface area (Å²) in [6.45, 7) is 5.52. The van der Waals surface area contributed by atoms with E-state index < -0.39 is 0 Å². The topological polar surface area (TPSA) is 46.2 Å². The van der Waals surface area contributed by atoms with Gasteiger partial charge in [0.2, 0.25) is 5.91 Å². The molecule has 1 N–H and O–H groups in total. The summed E-state index contributed by atoms with van der Waals surface area (Å²) in [6.07, 6.45) is 3.53. The van der Waals surface area contributed by atoms with E-state index >= 15 is 0 Å². The van der Waals surface area contributed by atoms with Gasteiger partial charge in [0.15, 0.2) is 0 Å². The molecule has 1 amide bonds. The first-order valence-electron chi connectivity index (χ1n) is 4.06. The second-order valence-electron chi connectivity index (χ2n) is 2.65. The van der Waals surface area contributed by atoms with Crippen LogP contribution in [0.4, 0.5) is 0 Å². The van der Waals surface area contributed by atoms with E-state index in [1.165, 1.54) is 6.08 Å². The average Bonchev–Trinajstić information content (AvgIpc) is 2.03. The minimum absolute atomic E-state index is 0.155. The average molecular weight is 169 g/mol. The second kappa shape index (κ2) is 6.58. The van der Waals surface area contributed by atoms with Crippen LogP contribution in [0.2, 0.25) is 0 Å². The smallest absolute Gasteiger partial charge is 0.243 e. The number of carbonyl (C=O) groups is 2. The van der Waals surface area contributed by atoms with Gasteiger partial charge in [-0.05, 0) is 25.8 Å². The number of hydrogen-bond donors (Lipinski definition) is 1. The molecule has 3 heteroatoms. The number of amides is 1. The van der Waals surface area contributed by atoms with Gasteiger partial charge in [-0.2, -0.15) is 0 Å². The minimum atomic E-state index is -0.155. The maximum Gasteiger partial charge on any atom is 0.243 e. The van der Waals surface area contributed by atoms with E-state index in [1.54, 1.807) is 6.92 Å². The van der Waals surface area contributed by atoms with Crippen LogP contribution in [0.1, 0.15) is 26.2 Å². The first-order chi connectivity index (χ1) is 5.66. The molecule has 0 atom stereocenters. The Balaban J connectivity index is 3.16. The van der Waals surface area contributed by atoms with E-state index in [1.807, 2.05) is 0 Å². The molecule has 0 saturated carbocycles. The van der Waals surface area contributed by atoms with Crippen LogP contribution in [0.3, 0.4) is 0 Å². The number of unbranched alkanes of at least 4 members (excludes halogenated alkanes) is 1. The third-order valence-corrected chi connectivity index (χ3v) is 1.44. The molecule has 0 saturated heterocycles. The maximum atomic E-state index is 10.6. The minimum Gasteiger partial charge on any atom is -0.353 e. The van der Waals surface area contributed by atoms with Crippen LogP contribution >= 0.6 is 0 Å². The number of hydrogen-bond acceptors (Lipinski definition) is 2. The SMILES string of the molecule is C=CC(=O)NCCCCC(C)=O. The van der Waals surface area contributed by atoms with E-state index in [4.69, 9.17) is 0 Å². The predicted molar refractivity (Wildman–Crippen MR) is 47.7 cm³/mol. The van der Waals surface area contributed by atoms with Crippen LogP contribution in [0.15, 0.2) is 12.7 Å². The van der Waals surface area contributed by atoms with E-state index in [0.717, 1.165) is 12.8 Å². The maximum absolute atomic E-state index is 10.6. The molecule has 0 unspecified atom stereocenters. The molecule has 0 radical (unpaired) electrons. The van der Waals surface area contributed by atoms with Gasteiger partial charge >= 0.3 is 0 Å². The summed E-state index contributed by atoms with van der Waals surface area (Å²) in [6, 6.07) is 0. The van der Waals surface area contributed by atoms with Gasteiger partial charge in [-0.3, -0.25) is 4.79 Å². The van der Waals surface area contributed by atoms with Gasteiger partial charge in [0.05, 0.1) is 0 Å². The van der Waals surface area contributed by atoms with Crippen molar-refractivity contribution in [1.82, 2.24) is 5.32 Å². The highest BCUT2D eigenvalue weighted by atomic mass is 16.1. The van der Waals surface area contributed by atoms with Crippen molar-refractivity contribution in [2.75, 3.05) is 6.54 Å². The Morgan fingerprint density at radius 3 is 2.58 bits per heavy atom. The van der Waals surface area contributed by atoms with Crippen molar-refractivity contribution in [1.29, 1.82) is 0 Å². The molecule has 0 aromatic rings. The predicted octanol–water partition coefficient (Wildman–Crippen LogP) is 1.05. The van der Waals surface area contributed by atoms with Crippen molar-refractivity contribution in [3.8, 4) is 0 Å². The van der Waals surface area contributed by atoms with Gasteiger partial charge in [-0.1, -0.05) is 6.58 Å². The van der Waals surface area contributed by atoms with Crippen LogP contribution in [0.5, 0.6) is 0 Å². The van der Waals surface area contributed by atoms with Gasteiger partial charge in [0.25, 0.3) is 0 Å². The fraction of sp³-hybridized carbons (Fsp3) is 0.556. The molecule has 0 bridgehead atoms. The summed E-state index contributed by atoms with van der Waals surface area (Å²) in [4.78, 5) is 21.1. The van der Waals surface area contributed by atoms with Gasteiger partial charge in [-0.15, -0.1) is 0 Å². The Morgan fingerprint density at radius 1 is 1.42 bits per heavy atom. The summed E-state index contributed by atoms with van der Waals surface area (Å²) in [7, 11) is 0. The molecule has 0 aromatic carbocycles. The van der Waals surface area contributed by atoms with Crippen molar-refractivity contribution < 1.29 is 9.59 Å². The lowest BCUT2D eigenvalue weighted by Gasteiger charge is -1.99. The zero-order chi connectivity index (χ0) is 9.40. The van der Waals surface area contributed by atoms with Gasteiger partial charge in [-0.25, -0.2) is 0 Å². The molecule has 0 aromatic heterocycles. The fourth-order valence-corrected chi connectivity index (χ4v) is 0.783. The third-order valence-electron chi connectivity index (χ3n) is 1.44. The Morgan fingerprint density at radius 2 is 2.08 bits per heavy atom. The monoisotopic (exact) mass is 169 g/mol. The fourth-order valence-electron chi connectivity index (χ4n) is 0.783. The van der Waals surface area contributed by atoms with E-state index in [2.05, 4.69) is 11.9 Å². The Labute approximate surface area is 72.8 Å². The van der Waals surface area contributed by atoms with Crippen molar-refractivity contribution in [2.24, 2.45) is 0 Å². The lowest BCUT2D eigenvalue weighted by atomic mass is 10.2. The summed E-state index contributed by atoms with van der Waals surface area (Å²) in [5.74, 6) is 0.0443. The molecule has 68 valence electrons. The highest BCUT2D eigenvalue weighted by molar-refractivity contribution is 5.86. The highest BCUT2D eigenvalue weighted by Gasteiger charge is 1.94. The third kappa shape index (κ3) is 6.99. The van der Waals surface area contributed by atoms with Crippen LogP contribution in [0.25, 0.3) is 0 Å². The zero-order valence-electron chi connectivity index (χ0n) is 7.43. The summed E-state index contributed by atoms with van der Waals surface area (Å²) >= 11 is 0. The number of rotatable bonds is 6. The van der Waals surface area contributed by atoms with Crippen molar-refractivity contribution in [3.63, 3.8) is 0 Å². The number of Topliss-reactive ketones (excluding diaryl/α,β-unsaturated/α-hetero) is 1. The van der Waals surface area contributed by atoms with Crippen LogP contribution in [-0.4, -0.2) is 18.2 Å². The van der Waals surface area contributed by atoms with Gasteiger partial charge < -0.3 is 10.1 Å². The quantitative estimate of drug-likeness (QED) is 0.477. The van der Waals surface area contributed by atoms with Crippen molar-refractivity contribution >= 4 is 11.7 Å². The van der Waals surface area contributed by atoms with Gasteiger partial charge in [0.1, 0.15) is 5.78 Å². The van der Waals surface area contributed by atoms with Crippen molar-refractivity contribution in [2.45, 2.75) is 26.2 Å². The molecular formula is C9H15NO2. The normalized spacial score (nSPS) is 9.08. The van der Waals surface area contributed by atoms with E-state index in [0.29, 0.717) is 13.0 Å². The lowest BCUT2D eigenvalue weighted by molar-refractivity contribution is -0.117.